The minimum atomic E-state index is -0.308. The molecule has 0 aliphatic rings. The van der Waals surface area contributed by atoms with Crippen LogP contribution in [0.1, 0.15) is 27.0 Å². The van der Waals surface area contributed by atoms with Gasteiger partial charge in [0, 0.05) is 6.54 Å². The molecule has 1 heterocycles. The minimum Gasteiger partial charge on any atom is -0.507 e. The Morgan fingerprint density at radius 1 is 0.931 bits per heavy atom. The summed E-state index contributed by atoms with van der Waals surface area (Å²) in [7, 11) is 0. The van der Waals surface area contributed by atoms with Crippen molar-refractivity contribution in [2.75, 3.05) is 0 Å². The molecule has 0 spiro atoms. The van der Waals surface area contributed by atoms with E-state index in [0.29, 0.717) is 13.0 Å². The van der Waals surface area contributed by atoms with Crippen molar-refractivity contribution in [3.05, 3.63) is 108 Å². The van der Waals surface area contributed by atoms with Gasteiger partial charge in [-0.25, -0.2) is 9.67 Å². The van der Waals surface area contributed by atoms with Gasteiger partial charge in [0.2, 0.25) is 0 Å². The Kier molecular flexibility index (Phi) is 5.33. The van der Waals surface area contributed by atoms with E-state index in [2.05, 4.69) is 15.4 Å². The van der Waals surface area contributed by atoms with Crippen LogP contribution in [0, 0.1) is 0 Å². The average Bonchev–Trinajstić information content (AvgIpc) is 3.29. The number of phenolic OH excluding ortho intramolecular Hbond substituents is 1. The summed E-state index contributed by atoms with van der Waals surface area (Å²) in [5.41, 5.74) is 4.23. The van der Waals surface area contributed by atoms with Crippen LogP contribution >= 0.6 is 0 Å². The van der Waals surface area contributed by atoms with Gasteiger partial charge in [-0.15, -0.1) is 0 Å². The lowest BCUT2D eigenvalue weighted by Gasteiger charge is -2.10. The van der Waals surface area contributed by atoms with Crippen molar-refractivity contribution in [1.29, 1.82) is 0 Å². The van der Waals surface area contributed by atoms with Gasteiger partial charge >= 0.3 is 0 Å². The van der Waals surface area contributed by atoms with E-state index < -0.39 is 0 Å². The van der Waals surface area contributed by atoms with Gasteiger partial charge in [-0.05, 0) is 47.4 Å². The predicted octanol–water partition coefficient (Wildman–Crippen LogP) is 3.49. The Bertz CT molecular complexity index is 1090. The van der Waals surface area contributed by atoms with Gasteiger partial charge in [-0.1, -0.05) is 48.5 Å². The third-order valence-electron chi connectivity index (χ3n) is 4.63. The van der Waals surface area contributed by atoms with Gasteiger partial charge in [0.15, 0.2) is 0 Å². The molecule has 4 rings (SSSR count). The van der Waals surface area contributed by atoms with Crippen LogP contribution in [0.2, 0.25) is 0 Å². The predicted molar refractivity (Wildman–Crippen MR) is 110 cm³/mol. The van der Waals surface area contributed by atoms with Crippen molar-refractivity contribution in [3.8, 4) is 11.4 Å². The summed E-state index contributed by atoms with van der Waals surface area (Å²) in [4.78, 5) is 16.5. The number of hydrogen-bond donors (Lipinski definition) is 2. The monoisotopic (exact) mass is 384 g/mol. The first kappa shape index (κ1) is 18.4. The molecule has 29 heavy (non-hydrogen) atoms. The lowest BCUT2D eigenvalue weighted by Crippen LogP contribution is -2.23. The normalized spacial score (nSPS) is 10.6. The zero-order chi connectivity index (χ0) is 20.1. The summed E-state index contributed by atoms with van der Waals surface area (Å²) in [6.45, 7) is 0.360. The van der Waals surface area contributed by atoms with Gasteiger partial charge in [0.05, 0.1) is 11.3 Å². The molecule has 0 aliphatic heterocycles. The number of nitrogens with one attached hydrogen (secondary N) is 1. The van der Waals surface area contributed by atoms with E-state index in [0.717, 1.165) is 22.4 Å². The molecule has 0 radical (unpaired) electrons. The molecule has 0 bridgehead atoms. The molecule has 4 aromatic rings. The van der Waals surface area contributed by atoms with E-state index in [1.165, 1.54) is 6.33 Å². The second-order valence-corrected chi connectivity index (χ2v) is 6.70. The fourth-order valence-corrected chi connectivity index (χ4v) is 3.09. The first-order valence-corrected chi connectivity index (χ1v) is 9.27. The van der Waals surface area contributed by atoms with Gasteiger partial charge in [0.25, 0.3) is 5.91 Å². The highest BCUT2D eigenvalue weighted by Crippen LogP contribution is 2.20. The molecular weight excluding hydrogens is 364 g/mol. The van der Waals surface area contributed by atoms with Crippen molar-refractivity contribution in [2.45, 2.75) is 13.0 Å². The molecule has 0 saturated heterocycles. The quantitative estimate of drug-likeness (QED) is 0.533. The van der Waals surface area contributed by atoms with Crippen LogP contribution in [0.3, 0.4) is 0 Å². The zero-order valence-corrected chi connectivity index (χ0v) is 15.7. The average molecular weight is 384 g/mol. The number of aromatic hydroxyl groups is 1. The van der Waals surface area contributed by atoms with E-state index in [9.17, 15) is 9.90 Å². The Labute approximate surface area is 168 Å². The number of nitrogens with zero attached hydrogens (tertiary/aromatic N) is 3. The molecule has 1 amide bonds. The summed E-state index contributed by atoms with van der Waals surface area (Å²) in [5, 5.41) is 17.1. The number of carbonyl (C=O) groups is 1. The van der Waals surface area contributed by atoms with Crippen LogP contribution in [0.5, 0.6) is 5.75 Å². The van der Waals surface area contributed by atoms with E-state index >= 15 is 0 Å². The zero-order valence-electron chi connectivity index (χ0n) is 15.7. The third kappa shape index (κ3) is 4.50. The van der Waals surface area contributed by atoms with Crippen molar-refractivity contribution < 1.29 is 9.90 Å². The Morgan fingerprint density at radius 2 is 1.69 bits per heavy atom. The molecule has 1 aromatic heterocycles. The summed E-state index contributed by atoms with van der Waals surface area (Å²) in [6.07, 6.45) is 3.81. The fourth-order valence-electron chi connectivity index (χ4n) is 3.09. The highest BCUT2D eigenvalue weighted by Gasteiger charge is 2.12. The highest BCUT2D eigenvalue weighted by molar-refractivity contribution is 5.97. The van der Waals surface area contributed by atoms with E-state index in [1.54, 1.807) is 23.1 Å². The molecule has 144 valence electrons. The van der Waals surface area contributed by atoms with Crippen LogP contribution in [0.25, 0.3) is 5.69 Å². The summed E-state index contributed by atoms with van der Waals surface area (Å²) in [6, 6.07) is 22.8. The Balaban J connectivity index is 1.42. The number of rotatable bonds is 6. The maximum atomic E-state index is 12.6. The van der Waals surface area contributed by atoms with Gasteiger partial charge in [0.1, 0.15) is 18.4 Å². The van der Waals surface area contributed by atoms with Crippen molar-refractivity contribution in [1.82, 2.24) is 20.1 Å². The summed E-state index contributed by atoms with van der Waals surface area (Å²) < 4.78 is 1.67. The molecule has 3 aromatic carbocycles. The Hall–Kier alpha value is -3.93. The largest absolute Gasteiger partial charge is 0.507 e. The van der Waals surface area contributed by atoms with Gasteiger partial charge in [-0.2, -0.15) is 5.10 Å². The second-order valence-electron chi connectivity index (χ2n) is 6.70. The molecule has 0 atom stereocenters. The molecule has 0 saturated carbocycles. The van der Waals surface area contributed by atoms with E-state index in [4.69, 9.17) is 0 Å². The van der Waals surface area contributed by atoms with Gasteiger partial charge in [-0.3, -0.25) is 4.79 Å². The molecule has 0 unspecified atom stereocenters. The summed E-state index contributed by atoms with van der Waals surface area (Å²) in [5.74, 6) is -0.335. The molecule has 0 aliphatic carbocycles. The van der Waals surface area contributed by atoms with E-state index in [-0.39, 0.29) is 17.2 Å². The summed E-state index contributed by atoms with van der Waals surface area (Å²) >= 11 is 0. The third-order valence-corrected chi connectivity index (χ3v) is 4.63. The Morgan fingerprint density at radius 3 is 2.41 bits per heavy atom. The lowest BCUT2D eigenvalue weighted by atomic mass is 10.0. The smallest absolute Gasteiger partial charge is 0.255 e. The van der Waals surface area contributed by atoms with Crippen LogP contribution < -0.4 is 5.32 Å². The number of phenols is 1. The minimum absolute atomic E-state index is 0.0270. The maximum Gasteiger partial charge on any atom is 0.255 e. The molecule has 6 heteroatoms. The van der Waals surface area contributed by atoms with Crippen LogP contribution in [-0.4, -0.2) is 25.8 Å². The van der Waals surface area contributed by atoms with Crippen LogP contribution in [-0.2, 0) is 13.0 Å². The topological polar surface area (TPSA) is 80.0 Å². The van der Waals surface area contributed by atoms with Crippen LogP contribution in [0.15, 0.2) is 85.5 Å². The number of hydrogen-bond acceptors (Lipinski definition) is 4. The number of benzene rings is 3. The lowest BCUT2D eigenvalue weighted by molar-refractivity contribution is 0.0948. The SMILES string of the molecule is O=C(NCc1ccc(-n2cncn2)cc1)c1cc(Cc2ccccc2)ccc1O. The van der Waals surface area contributed by atoms with Crippen molar-refractivity contribution >= 4 is 5.91 Å². The van der Waals surface area contributed by atoms with Crippen molar-refractivity contribution in [3.63, 3.8) is 0 Å². The second kappa shape index (κ2) is 8.39. The van der Waals surface area contributed by atoms with Gasteiger partial charge < -0.3 is 10.4 Å². The molecule has 6 nitrogen and oxygen atoms in total. The number of aromatic nitrogens is 3. The van der Waals surface area contributed by atoms with Crippen LogP contribution in [0.4, 0.5) is 0 Å². The standard InChI is InChI=1S/C23H20N4O2/c28-22-11-8-19(12-17-4-2-1-3-5-17)13-21(22)23(29)25-14-18-6-9-20(10-7-18)27-16-24-15-26-27/h1-11,13,15-16,28H,12,14H2,(H,25,29). The number of carbonyl (C=O) groups excluding carboxylic acids is 1. The first-order valence-electron chi connectivity index (χ1n) is 9.27. The molecule has 2 N–H and O–H groups in total. The maximum absolute atomic E-state index is 12.6. The first-order chi connectivity index (χ1) is 14.2. The van der Waals surface area contributed by atoms with Crippen molar-refractivity contribution in [2.24, 2.45) is 0 Å². The highest BCUT2D eigenvalue weighted by atomic mass is 16.3. The number of amides is 1. The molecular formula is C23H20N4O2. The fraction of sp³-hybridized carbons (Fsp3) is 0.0870. The van der Waals surface area contributed by atoms with E-state index in [1.807, 2.05) is 60.7 Å². The molecule has 0 fully saturated rings.